The van der Waals surface area contributed by atoms with Crippen molar-refractivity contribution >= 4 is 21.4 Å². The minimum atomic E-state index is -0.414. The Bertz CT molecular complexity index is 391. The van der Waals surface area contributed by atoms with Gasteiger partial charge in [0.1, 0.15) is 0 Å². The lowest BCUT2D eigenvalue weighted by molar-refractivity contribution is 0.184. The Balaban J connectivity index is 2.27. The van der Waals surface area contributed by atoms with E-state index >= 15 is 0 Å². The number of fused-ring (bicyclic) bond motifs is 1. The molecule has 1 heterocycles. The van der Waals surface area contributed by atoms with Crippen LogP contribution in [0.25, 0.3) is 10.1 Å². The van der Waals surface area contributed by atoms with Gasteiger partial charge in [0.05, 0.1) is 6.10 Å². The Morgan fingerprint density at radius 3 is 2.86 bits per heavy atom. The summed E-state index contributed by atoms with van der Waals surface area (Å²) >= 11 is 1.73. The van der Waals surface area contributed by atoms with Crippen molar-refractivity contribution in [3.63, 3.8) is 0 Å². The third-order valence-corrected chi connectivity index (χ3v) is 3.32. The van der Waals surface area contributed by atoms with E-state index < -0.39 is 6.10 Å². The van der Waals surface area contributed by atoms with Gasteiger partial charge >= 0.3 is 0 Å². The third-order valence-electron chi connectivity index (χ3n) is 2.19. The molecule has 0 aliphatic rings. The van der Waals surface area contributed by atoms with Crippen LogP contribution in [0.1, 0.15) is 4.88 Å². The molecule has 0 radical (unpaired) electrons. The summed E-state index contributed by atoms with van der Waals surface area (Å²) in [7, 11) is 0. The molecule has 0 saturated carbocycles. The van der Waals surface area contributed by atoms with E-state index in [2.05, 4.69) is 18.2 Å². The number of thiophene rings is 1. The highest BCUT2D eigenvalue weighted by Crippen LogP contribution is 2.25. The fourth-order valence-electron chi connectivity index (χ4n) is 1.45. The number of rotatable bonds is 3. The van der Waals surface area contributed by atoms with E-state index in [1.54, 1.807) is 11.3 Å². The molecular weight excluding hydrogens is 194 g/mol. The van der Waals surface area contributed by atoms with Crippen molar-refractivity contribution in [1.29, 1.82) is 0 Å². The summed E-state index contributed by atoms with van der Waals surface area (Å²) in [4.78, 5) is 1.20. The maximum Gasteiger partial charge on any atom is 0.0710 e. The van der Waals surface area contributed by atoms with Gasteiger partial charge in [-0.15, -0.1) is 11.3 Å². The van der Waals surface area contributed by atoms with E-state index in [4.69, 9.17) is 5.73 Å². The lowest BCUT2D eigenvalue weighted by Crippen LogP contribution is -2.21. The minimum absolute atomic E-state index is 0.328. The van der Waals surface area contributed by atoms with Crippen LogP contribution in [0, 0.1) is 0 Å². The molecule has 1 unspecified atom stereocenters. The third kappa shape index (κ3) is 1.95. The number of aliphatic hydroxyl groups excluding tert-OH is 1. The first-order chi connectivity index (χ1) is 6.79. The number of hydrogen-bond acceptors (Lipinski definition) is 3. The van der Waals surface area contributed by atoms with Crippen LogP contribution in [-0.2, 0) is 6.42 Å². The Morgan fingerprint density at radius 1 is 1.36 bits per heavy atom. The summed E-state index contributed by atoms with van der Waals surface area (Å²) < 4.78 is 1.27. The fourth-order valence-corrected chi connectivity index (χ4v) is 2.59. The molecule has 3 N–H and O–H groups in total. The van der Waals surface area contributed by atoms with Crippen molar-refractivity contribution < 1.29 is 5.11 Å². The van der Waals surface area contributed by atoms with Gasteiger partial charge in [-0.3, -0.25) is 0 Å². The monoisotopic (exact) mass is 207 g/mol. The van der Waals surface area contributed by atoms with Crippen LogP contribution in [0.2, 0.25) is 0 Å². The number of hydrogen-bond donors (Lipinski definition) is 2. The zero-order chi connectivity index (χ0) is 9.97. The highest BCUT2D eigenvalue weighted by atomic mass is 32.1. The van der Waals surface area contributed by atoms with E-state index in [9.17, 15) is 5.11 Å². The highest BCUT2D eigenvalue weighted by Gasteiger charge is 2.06. The Labute approximate surface area is 87.0 Å². The van der Waals surface area contributed by atoms with Crippen LogP contribution in [0.3, 0.4) is 0 Å². The predicted molar refractivity (Wildman–Crippen MR) is 60.6 cm³/mol. The second-order valence-electron chi connectivity index (χ2n) is 3.34. The fraction of sp³-hybridized carbons (Fsp3) is 0.273. The van der Waals surface area contributed by atoms with Gasteiger partial charge in [-0.2, -0.15) is 0 Å². The van der Waals surface area contributed by atoms with Gasteiger partial charge in [-0.1, -0.05) is 18.2 Å². The van der Waals surface area contributed by atoms with Crippen molar-refractivity contribution in [1.82, 2.24) is 0 Å². The summed E-state index contributed by atoms with van der Waals surface area (Å²) in [6, 6.07) is 10.4. The van der Waals surface area contributed by atoms with Gasteiger partial charge in [0.25, 0.3) is 0 Å². The SMILES string of the molecule is NCC(O)Cc1cc2ccccc2s1. The molecule has 0 aliphatic carbocycles. The molecule has 2 aromatic rings. The van der Waals surface area contributed by atoms with Gasteiger partial charge in [-0.25, -0.2) is 0 Å². The minimum Gasteiger partial charge on any atom is -0.391 e. The standard InChI is InChI=1S/C11H13NOS/c12-7-9(13)6-10-5-8-3-1-2-4-11(8)14-10/h1-5,9,13H,6-7,12H2. The van der Waals surface area contributed by atoms with Crippen LogP contribution in [-0.4, -0.2) is 17.8 Å². The van der Waals surface area contributed by atoms with Gasteiger partial charge in [0.2, 0.25) is 0 Å². The zero-order valence-electron chi connectivity index (χ0n) is 7.81. The highest BCUT2D eigenvalue weighted by molar-refractivity contribution is 7.19. The second-order valence-corrected chi connectivity index (χ2v) is 4.51. The maximum atomic E-state index is 9.42. The predicted octanol–water partition coefficient (Wildman–Crippen LogP) is 1.76. The lowest BCUT2D eigenvalue weighted by Gasteiger charge is -2.03. The largest absolute Gasteiger partial charge is 0.391 e. The number of aliphatic hydroxyl groups is 1. The normalized spacial score (nSPS) is 13.3. The molecule has 74 valence electrons. The summed E-state index contributed by atoms with van der Waals surface area (Å²) in [6.45, 7) is 0.328. The first-order valence-electron chi connectivity index (χ1n) is 4.65. The molecule has 2 rings (SSSR count). The maximum absolute atomic E-state index is 9.42. The number of nitrogens with two attached hydrogens (primary N) is 1. The van der Waals surface area contributed by atoms with Gasteiger partial charge in [0.15, 0.2) is 0 Å². The van der Waals surface area contributed by atoms with E-state index in [0.717, 1.165) is 0 Å². The molecule has 0 fully saturated rings. The van der Waals surface area contributed by atoms with Crippen LogP contribution >= 0.6 is 11.3 Å². The van der Waals surface area contributed by atoms with Crippen molar-refractivity contribution in [3.05, 3.63) is 35.2 Å². The molecule has 3 heteroatoms. The summed E-state index contributed by atoms with van der Waals surface area (Å²) in [5.41, 5.74) is 5.37. The van der Waals surface area contributed by atoms with Gasteiger partial charge < -0.3 is 10.8 Å². The molecule has 1 aromatic carbocycles. The van der Waals surface area contributed by atoms with Gasteiger partial charge in [0, 0.05) is 22.5 Å². The topological polar surface area (TPSA) is 46.2 Å². The van der Waals surface area contributed by atoms with Crippen LogP contribution < -0.4 is 5.73 Å². The Kier molecular flexibility index (Phi) is 2.82. The first kappa shape index (κ1) is 9.65. The summed E-state index contributed by atoms with van der Waals surface area (Å²) in [5, 5.41) is 10.7. The molecular formula is C11H13NOS. The van der Waals surface area contributed by atoms with Crippen molar-refractivity contribution in [2.24, 2.45) is 5.73 Å². The number of benzene rings is 1. The van der Waals surface area contributed by atoms with E-state index in [1.807, 2.05) is 12.1 Å². The molecule has 14 heavy (non-hydrogen) atoms. The first-order valence-corrected chi connectivity index (χ1v) is 5.47. The summed E-state index contributed by atoms with van der Waals surface area (Å²) in [6.07, 6.45) is 0.249. The molecule has 0 bridgehead atoms. The molecule has 2 nitrogen and oxygen atoms in total. The van der Waals surface area contributed by atoms with E-state index in [1.165, 1.54) is 15.0 Å². The average Bonchev–Trinajstić information content (AvgIpc) is 2.59. The van der Waals surface area contributed by atoms with Crippen molar-refractivity contribution in [2.45, 2.75) is 12.5 Å². The molecule has 0 spiro atoms. The van der Waals surface area contributed by atoms with E-state index in [-0.39, 0.29) is 0 Å². The quantitative estimate of drug-likeness (QED) is 0.805. The smallest absolute Gasteiger partial charge is 0.0710 e. The zero-order valence-corrected chi connectivity index (χ0v) is 8.63. The summed E-state index contributed by atoms with van der Waals surface area (Å²) in [5.74, 6) is 0. The van der Waals surface area contributed by atoms with Crippen molar-refractivity contribution in [2.75, 3.05) is 6.54 Å². The van der Waals surface area contributed by atoms with Crippen LogP contribution in [0.4, 0.5) is 0 Å². The van der Waals surface area contributed by atoms with Gasteiger partial charge in [-0.05, 0) is 17.5 Å². The molecule has 0 saturated heterocycles. The van der Waals surface area contributed by atoms with E-state index in [0.29, 0.717) is 13.0 Å². The van der Waals surface area contributed by atoms with Crippen LogP contribution in [0.5, 0.6) is 0 Å². The Morgan fingerprint density at radius 2 is 2.14 bits per heavy atom. The molecule has 1 aromatic heterocycles. The molecule has 0 amide bonds. The molecule has 0 aliphatic heterocycles. The lowest BCUT2D eigenvalue weighted by atomic mass is 10.2. The molecule has 1 atom stereocenters. The van der Waals surface area contributed by atoms with Crippen LogP contribution in [0.15, 0.2) is 30.3 Å². The average molecular weight is 207 g/mol. The van der Waals surface area contributed by atoms with Crippen molar-refractivity contribution in [3.8, 4) is 0 Å². The second kappa shape index (κ2) is 4.09. The Hall–Kier alpha value is -0.900.